The molecule has 0 radical (unpaired) electrons. The molecule has 1 aromatic rings. The van der Waals surface area contributed by atoms with Gasteiger partial charge in [0.05, 0.1) is 0 Å². The SMILES string of the molecule is CC(N)CCc1c(F)cc(Br)cc1F. The summed E-state index contributed by atoms with van der Waals surface area (Å²) in [6, 6.07) is 2.48. The maximum Gasteiger partial charge on any atom is 0.130 e. The molecule has 14 heavy (non-hydrogen) atoms. The fourth-order valence-electron chi connectivity index (χ4n) is 1.18. The number of rotatable bonds is 3. The quantitative estimate of drug-likeness (QED) is 0.892. The highest BCUT2D eigenvalue weighted by molar-refractivity contribution is 9.10. The molecule has 1 atom stereocenters. The lowest BCUT2D eigenvalue weighted by Gasteiger charge is -2.07. The Morgan fingerprint density at radius 2 is 1.86 bits per heavy atom. The molecule has 0 saturated carbocycles. The monoisotopic (exact) mass is 263 g/mol. The minimum atomic E-state index is -0.516. The van der Waals surface area contributed by atoms with Gasteiger partial charge in [-0.25, -0.2) is 8.78 Å². The molecular weight excluding hydrogens is 252 g/mol. The Kier molecular flexibility index (Phi) is 4.01. The average molecular weight is 264 g/mol. The normalized spacial score (nSPS) is 12.9. The number of halogens is 3. The lowest BCUT2D eigenvalue weighted by atomic mass is 10.1. The van der Waals surface area contributed by atoms with E-state index < -0.39 is 11.6 Å². The smallest absolute Gasteiger partial charge is 0.130 e. The topological polar surface area (TPSA) is 26.0 Å². The second-order valence-corrected chi connectivity index (χ2v) is 4.28. The molecule has 0 saturated heterocycles. The zero-order valence-corrected chi connectivity index (χ0v) is 9.44. The summed E-state index contributed by atoms with van der Waals surface area (Å²) in [7, 11) is 0. The first kappa shape index (κ1) is 11.6. The van der Waals surface area contributed by atoms with Crippen LogP contribution in [-0.4, -0.2) is 6.04 Å². The summed E-state index contributed by atoms with van der Waals surface area (Å²) in [6.07, 6.45) is 0.915. The molecule has 0 heterocycles. The maximum absolute atomic E-state index is 13.3. The van der Waals surface area contributed by atoms with Crippen LogP contribution in [0.4, 0.5) is 8.78 Å². The van der Waals surface area contributed by atoms with Crippen LogP contribution in [0.5, 0.6) is 0 Å². The van der Waals surface area contributed by atoms with E-state index in [-0.39, 0.29) is 11.6 Å². The molecule has 1 aromatic carbocycles. The van der Waals surface area contributed by atoms with Crippen LogP contribution < -0.4 is 5.73 Å². The minimum Gasteiger partial charge on any atom is -0.328 e. The van der Waals surface area contributed by atoms with Gasteiger partial charge in [-0.3, -0.25) is 0 Å². The van der Waals surface area contributed by atoms with Crippen LogP contribution in [0, 0.1) is 11.6 Å². The lowest BCUT2D eigenvalue weighted by molar-refractivity contribution is 0.539. The molecule has 2 N–H and O–H groups in total. The zero-order chi connectivity index (χ0) is 10.7. The fourth-order valence-corrected chi connectivity index (χ4v) is 1.58. The minimum absolute atomic E-state index is 0.0440. The Morgan fingerprint density at radius 3 is 2.29 bits per heavy atom. The van der Waals surface area contributed by atoms with Crippen molar-refractivity contribution in [3.05, 3.63) is 33.8 Å². The van der Waals surface area contributed by atoms with Crippen molar-refractivity contribution in [3.63, 3.8) is 0 Å². The first-order valence-corrected chi connectivity index (χ1v) is 5.19. The second kappa shape index (κ2) is 4.84. The van der Waals surface area contributed by atoms with Gasteiger partial charge in [-0.15, -0.1) is 0 Å². The summed E-state index contributed by atoms with van der Waals surface area (Å²) in [4.78, 5) is 0. The molecule has 0 aliphatic carbocycles. The van der Waals surface area contributed by atoms with Gasteiger partial charge in [0.15, 0.2) is 0 Å². The molecule has 4 heteroatoms. The summed E-state index contributed by atoms with van der Waals surface area (Å²) in [6.45, 7) is 1.81. The average Bonchev–Trinajstić information content (AvgIpc) is 2.01. The van der Waals surface area contributed by atoms with Crippen molar-refractivity contribution in [2.24, 2.45) is 5.73 Å². The third kappa shape index (κ3) is 3.03. The van der Waals surface area contributed by atoms with Gasteiger partial charge in [-0.2, -0.15) is 0 Å². The molecule has 0 spiro atoms. The van der Waals surface area contributed by atoms with Crippen molar-refractivity contribution in [2.75, 3.05) is 0 Å². The second-order valence-electron chi connectivity index (χ2n) is 3.36. The van der Waals surface area contributed by atoms with Gasteiger partial charge in [0.1, 0.15) is 11.6 Å². The summed E-state index contributed by atoms with van der Waals surface area (Å²) in [5.74, 6) is -1.03. The highest BCUT2D eigenvalue weighted by atomic mass is 79.9. The Hall–Kier alpha value is -0.480. The van der Waals surface area contributed by atoms with E-state index in [0.717, 1.165) is 0 Å². The van der Waals surface area contributed by atoms with E-state index in [1.807, 2.05) is 6.92 Å². The molecule has 0 aromatic heterocycles. The Labute approximate surface area is 90.4 Å². The van der Waals surface area contributed by atoms with Crippen LogP contribution in [0.15, 0.2) is 16.6 Å². The molecule has 0 aliphatic heterocycles. The van der Waals surface area contributed by atoms with Crippen LogP contribution in [0.2, 0.25) is 0 Å². The number of hydrogen-bond acceptors (Lipinski definition) is 1. The van der Waals surface area contributed by atoms with Gasteiger partial charge >= 0.3 is 0 Å². The van der Waals surface area contributed by atoms with Gasteiger partial charge in [0, 0.05) is 16.1 Å². The predicted molar refractivity (Wildman–Crippen MR) is 56.0 cm³/mol. The number of nitrogens with two attached hydrogens (primary N) is 1. The highest BCUT2D eigenvalue weighted by Crippen LogP contribution is 2.20. The molecule has 1 nitrogen and oxygen atoms in total. The van der Waals surface area contributed by atoms with E-state index in [1.165, 1.54) is 12.1 Å². The Bertz CT molecular complexity index is 303. The predicted octanol–water partition coefficient (Wildman–Crippen LogP) is 3.01. The van der Waals surface area contributed by atoms with Crippen molar-refractivity contribution in [1.29, 1.82) is 0 Å². The molecule has 0 amide bonds. The van der Waals surface area contributed by atoms with E-state index in [0.29, 0.717) is 17.3 Å². The van der Waals surface area contributed by atoms with Gasteiger partial charge in [0.25, 0.3) is 0 Å². The molecule has 78 valence electrons. The van der Waals surface area contributed by atoms with Crippen molar-refractivity contribution >= 4 is 15.9 Å². The van der Waals surface area contributed by atoms with Crippen molar-refractivity contribution in [3.8, 4) is 0 Å². The standard InChI is InChI=1S/C10H12BrF2N/c1-6(14)2-3-8-9(12)4-7(11)5-10(8)13/h4-6H,2-3,14H2,1H3. The Morgan fingerprint density at radius 1 is 1.36 bits per heavy atom. The molecule has 1 rings (SSSR count). The van der Waals surface area contributed by atoms with E-state index >= 15 is 0 Å². The van der Waals surface area contributed by atoms with Crippen LogP contribution in [-0.2, 0) is 6.42 Å². The Balaban J connectivity index is 2.86. The van der Waals surface area contributed by atoms with E-state index in [4.69, 9.17) is 5.73 Å². The summed E-state index contributed by atoms with van der Waals surface area (Å²) < 4.78 is 26.9. The largest absolute Gasteiger partial charge is 0.328 e. The molecule has 0 fully saturated rings. The third-order valence-electron chi connectivity index (χ3n) is 1.96. The van der Waals surface area contributed by atoms with Gasteiger partial charge in [0.2, 0.25) is 0 Å². The lowest BCUT2D eigenvalue weighted by Crippen LogP contribution is -2.16. The van der Waals surface area contributed by atoms with Crippen LogP contribution in [0.25, 0.3) is 0 Å². The summed E-state index contributed by atoms with van der Waals surface area (Å²) in [5.41, 5.74) is 5.63. The van der Waals surface area contributed by atoms with Gasteiger partial charge < -0.3 is 5.73 Å². The molecule has 0 aliphatic rings. The maximum atomic E-state index is 13.3. The highest BCUT2D eigenvalue weighted by Gasteiger charge is 2.10. The van der Waals surface area contributed by atoms with Crippen molar-refractivity contribution in [2.45, 2.75) is 25.8 Å². The molecule has 0 bridgehead atoms. The van der Waals surface area contributed by atoms with Gasteiger partial charge in [-0.05, 0) is 31.9 Å². The van der Waals surface area contributed by atoms with Crippen molar-refractivity contribution in [1.82, 2.24) is 0 Å². The summed E-state index contributed by atoms with van der Waals surface area (Å²) in [5, 5.41) is 0. The first-order valence-electron chi connectivity index (χ1n) is 4.39. The van der Waals surface area contributed by atoms with E-state index in [9.17, 15) is 8.78 Å². The van der Waals surface area contributed by atoms with Crippen molar-refractivity contribution < 1.29 is 8.78 Å². The van der Waals surface area contributed by atoms with E-state index in [1.54, 1.807) is 0 Å². The first-order chi connectivity index (χ1) is 6.50. The third-order valence-corrected chi connectivity index (χ3v) is 2.41. The number of hydrogen-bond donors (Lipinski definition) is 1. The summed E-state index contributed by atoms with van der Waals surface area (Å²) >= 11 is 3.02. The molecule has 1 unspecified atom stereocenters. The van der Waals surface area contributed by atoms with Crippen LogP contribution >= 0.6 is 15.9 Å². The van der Waals surface area contributed by atoms with E-state index in [2.05, 4.69) is 15.9 Å². The van der Waals surface area contributed by atoms with Crippen LogP contribution in [0.1, 0.15) is 18.9 Å². The van der Waals surface area contributed by atoms with Crippen LogP contribution in [0.3, 0.4) is 0 Å². The van der Waals surface area contributed by atoms with Gasteiger partial charge in [-0.1, -0.05) is 15.9 Å². The number of benzene rings is 1. The zero-order valence-electron chi connectivity index (χ0n) is 7.86. The fraction of sp³-hybridized carbons (Fsp3) is 0.400. The molecular formula is C10H12BrF2N.